The molecule has 0 aliphatic heterocycles. The van der Waals surface area contributed by atoms with Gasteiger partial charge in [-0.3, -0.25) is 0 Å². The van der Waals surface area contributed by atoms with Gasteiger partial charge in [-0.2, -0.15) is 0 Å². The first-order valence-electron chi connectivity index (χ1n) is 8.05. The molecule has 5 heteroatoms. The lowest BCUT2D eigenvalue weighted by atomic mass is 10.1. The Kier molecular flexibility index (Phi) is 6.88. The van der Waals surface area contributed by atoms with E-state index >= 15 is 0 Å². The predicted octanol–water partition coefficient (Wildman–Crippen LogP) is 3.48. The summed E-state index contributed by atoms with van der Waals surface area (Å²) in [5, 5.41) is 6.24. The van der Waals surface area contributed by atoms with E-state index in [1.807, 2.05) is 65.8 Å². The molecule has 1 rings (SSSR count). The van der Waals surface area contributed by atoms with Crippen molar-refractivity contribution in [3.05, 3.63) is 29.8 Å². The van der Waals surface area contributed by atoms with Crippen molar-refractivity contribution >= 4 is 6.09 Å². The number of hydrogen-bond donors (Lipinski definition) is 2. The Morgan fingerprint density at radius 1 is 1.17 bits per heavy atom. The summed E-state index contributed by atoms with van der Waals surface area (Å²) >= 11 is 0. The highest BCUT2D eigenvalue weighted by atomic mass is 16.6. The molecule has 0 saturated carbocycles. The zero-order chi connectivity index (χ0) is 17.5. The van der Waals surface area contributed by atoms with Crippen molar-refractivity contribution in [3.8, 4) is 5.75 Å². The molecule has 5 nitrogen and oxygen atoms in total. The zero-order valence-electron chi connectivity index (χ0n) is 15.2. The Morgan fingerprint density at radius 2 is 1.87 bits per heavy atom. The largest absolute Gasteiger partial charge is 0.494 e. The van der Waals surface area contributed by atoms with E-state index in [1.165, 1.54) is 0 Å². The third kappa shape index (κ3) is 8.45. The standard InChI is InChI=1S/C18H30N2O3/c1-7-22-15-10-8-9-14(11-15)12-19-13-18(5,6)20-16(21)23-17(2,3)4/h8-11,19H,7,12-13H2,1-6H3,(H,20,21). The molecule has 0 spiro atoms. The summed E-state index contributed by atoms with van der Waals surface area (Å²) < 4.78 is 10.8. The molecule has 2 N–H and O–H groups in total. The molecule has 0 heterocycles. The molecule has 1 aromatic rings. The van der Waals surface area contributed by atoms with Crippen LogP contribution >= 0.6 is 0 Å². The van der Waals surface area contributed by atoms with Gasteiger partial charge in [0.25, 0.3) is 0 Å². The number of nitrogens with one attached hydrogen (secondary N) is 2. The van der Waals surface area contributed by atoms with Crippen LogP contribution in [0.25, 0.3) is 0 Å². The quantitative estimate of drug-likeness (QED) is 0.807. The number of carbonyl (C=O) groups excluding carboxylic acids is 1. The number of amides is 1. The maximum atomic E-state index is 11.8. The summed E-state index contributed by atoms with van der Waals surface area (Å²) in [7, 11) is 0. The molecule has 23 heavy (non-hydrogen) atoms. The van der Waals surface area contributed by atoms with E-state index in [0.29, 0.717) is 19.7 Å². The van der Waals surface area contributed by atoms with Gasteiger partial charge in [-0.05, 0) is 59.2 Å². The van der Waals surface area contributed by atoms with E-state index in [0.717, 1.165) is 11.3 Å². The highest BCUT2D eigenvalue weighted by Gasteiger charge is 2.24. The van der Waals surface area contributed by atoms with Crippen LogP contribution in [0.15, 0.2) is 24.3 Å². The molecule has 1 amide bonds. The number of ether oxygens (including phenoxy) is 2. The van der Waals surface area contributed by atoms with E-state index < -0.39 is 17.2 Å². The molecule has 0 aliphatic carbocycles. The van der Waals surface area contributed by atoms with Crippen molar-refractivity contribution in [1.82, 2.24) is 10.6 Å². The summed E-state index contributed by atoms with van der Waals surface area (Å²) in [5.41, 5.74) is 0.247. The van der Waals surface area contributed by atoms with Crippen LogP contribution in [0.3, 0.4) is 0 Å². The summed E-state index contributed by atoms with van der Waals surface area (Å²) in [6.07, 6.45) is -0.400. The molecule has 0 atom stereocenters. The Labute approximate surface area is 139 Å². The average Bonchev–Trinajstić information content (AvgIpc) is 2.36. The van der Waals surface area contributed by atoms with Crippen molar-refractivity contribution in [3.63, 3.8) is 0 Å². The topological polar surface area (TPSA) is 59.6 Å². The average molecular weight is 322 g/mol. The van der Waals surface area contributed by atoms with E-state index in [4.69, 9.17) is 9.47 Å². The first kappa shape index (κ1) is 19.3. The van der Waals surface area contributed by atoms with Gasteiger partial charge in [0, 0.05) is 13.1 Å². The first-order chi connectivity index (χ1) is 10.6. The third-order valence-corrected chi connectivity index (χ3v) is 2.94. The number of alkyl carbamates (subject to hydrolysis) is 1. The van der Waals surface area contributed by atoms with Crippen LogP contribution in [0.1, 0.15) is 47.1 Å². The van der Waals surface area contributed by atoms with Crippen LogP contribution in [0.5, 0.6) is 5.75 Å². The van der Waals surface area contributed by atoms with Crippen LogP contribution in [-0.4, -0.2) is 30.4 Å². The van der Waals surface area contributed by atoms with Crippen molar-refractivity contribution in [2.75, 3.05) is 13.2 Å². The highest BCUT2D eigenvalue weighted by Crippen LogP contribution is 2.13. The molecule has 0 bridgehead atoms. The Bertz CT molecular complexity index is 507. The van der Waals surface area contributed by atoms with Gasteiger partial charge in [0.15, 0.2) is 0 Å². The molecule has 0 aliphatic rings. The fourth-order valence-electron chi connectivity index (χ4n) is 2.06. The number of hydrogen-bond acceptors (Lipinski definition) is 4. The normalized spacial score (nSPS) is 11.9. The maximum absolute atomic E-state index is 11.8. The number of benzene rings is 1. The lowest BCUT2D eigenvalue weighted by Gasteiger charge is -2.29. The maximum Gasteiger partial charge on any atom is 0.408 e. The van der Waals surface area contributed by atoms with Gasteiger partial charge in [-0.15, -0.1) is 0 Å². The molecular formula is C18H30N2O3. The van der Waals surface area contributed by atoms with Crippen LogP contribution < -0.4 is 15.4 Å². The van der Waals surface area contributed by atoms with Crippen LogP contribution in [0.2, 0.25) is 0 Å². The van der Waals surface area contributed by atoms with Gasteiger partial charge >= 0.3 is 6.09 Å². The molecule has 1 aromatic carbocycles. The molecule has 0 unspecified atom stereocenters. The molecule has 0 fully saturated rings. The molecule has 130 valence electrons. The van der Waals surface area contributed by atoms with E-state index in [2.05, 4.69) is 10.6 Å². The third-order valence-electron chi connectivity index (χ3n) is 2.94. The second-order valence-electron chi connectivity index (χ2n) is 7.19. The van der Waals surface area contributed by atoms with Gasteiger partial charge < -0.3 is 20.1 Å². The van der Waals surface area contributed by atoms with Gasteiger partial charge in [0.2, 0.25) is 0 Å². The van der Waals surface area contributed by atoms with E-state index in [1.54, 1.807) is 0 Å². The van der Waals surface area contributed by atoms with Gasteiger partial charge in [-0.25, -0.2) is 4.79 Å². The monoisotopic (exact) mass is 322 g/mol. The van der Waals surface area contributed by atoms with Crippen molar-refractivity contribution in [2.24, 2.45) is 0 Å². The first-order valence-corrected chi connectivity index (χ1v) is 8.05. The van der Waals surface area contributed by atoms with Crippen LogP contribution in [0.4, 0.5) is 4.79 Å². The Morgan fingerprint density at radius 3 is 2.48 bits per heavy atom. The minimum atomic E-state index is -0.493. The van der Waals surface area contributed by atoms with Gasteiger partial charge in [0.1, 0.15) is 11.4 Å². The zero-order valence-corrected chi connectivity index (χ0v) is 15.2. The Balaban J connectivity index is 2.44. The smallest absolute Gasteiger partial charge is 0.408 e. The van der Waals surface area contributed by atoms with Crippen molar-refractivity contribution in [2.45, 2.75) is 59.2 Å². The summed E-state index contributed by atoms with van der Waals surface area (Å²) in [6.45, 7) is 13.4. The second kappa shape index (κ2) is 8.20. The second-order valence-corrected chi connectivity index (χ2v) is 7.19. The predicted molar refractivity (Wildman–Crippen MR) is 92.8 cm³/mol. The fraction of sp³-hybridized carbons (Fsp3) is 0.611. The van der Waals surface area contributed by atoms with Crippen LogP contribution in [-0.2, 0) is 11.3 Å². The van der Waals surface area contributed by atoms with E-state index in [-0.39, 0.29) is 0 Å². The van der Waals surface area contributed by atoms with E-state index in [9.17, 15) is 4.79 Å². The van der Waals surface area contributed by atoms with Gasteiger partial charge in [0.05, 0.1) is 12.1 Å². The molecule has 0 aromatic heterocycles. The van der Waals surface area contributed by atoms with Crippen molar-refractivity contribution in [1.29, 1.82) is 0 Å². The summed E-state index contributed by atoms with van der Waals surface area (Å²) in [6, 6.07) is 7.99. The van der Waals surface area contributed by atoms with Crippen molar-refractivity contribution < 1.29 is 14.3 Å². The summed E-state index contributed by atoms with van der Waals surface area (Å²) in [5.74, 6) is 0.873. The van der Waals surface area contributed by atoms with Crippen LogP contribution in [0, 0.1) is 0 Å². The lowest BCUT2D eigenvalue weighted by molar-refractivity contribution is 0.0472. The molecular weight excluding hydrogens is 292 g/mol. The Hall–Kier alpha value is -1.75. The number of carbonyl (C=O) groups is 1. The summed E-state index contributed by atoms with van der Waals surface area (Å²) in [4.78, 5) is 11.8. The molecule has 0 saturated heterocycles. The number of rotatable bonds is 7. The fourth-order valence-corrected chi connectivity index (χ4v) is 2.06. The minimum Gasteiger partial charge on any atom is -0.494 e. The lowest BCUT2D eigenvalue weighted by Crippen LogP contribution is -2.51. The highest BCUT2D eigenvalue weighted by molar-refractivity contribution is 5.68. The minimum absolute atomic E-state index is 0.400. The molecule has 0 radical (unpaired) electrons. The SMILES string of the molecule is CCOc1cccc(CNCC(C)(C)NC(=O)OC(C)(C)C)c1. The van der Waals surface area contributed by atoms with Gasteiger partial charge in [-0.1, -0.05) is 12.1 Å².